The number of hydrogen-bond donors (Lipinski definition) is 2. The highest BCUT2D eigenvalue weighted by atomic mass is 16.3. The number of aliphatic hydroxyl groups excluding tert-OH is 1. The fraction of sp³-hybridized carbons (Fsp3) is 0.909. The molecule has 86 valence electrons. The maximum atomic E-state index is 11.9. The minimum absolute atomic E-state index is 0.00352. The van der Waals surface area contributed by atoms with E-state index in [1.54, 1.807) is 4.90 Å². The third-order valence-electron chi connectivity index (χ3n) is 3.56. The lowest BCUT2D eigenvalue weighted by molar-refractivity contribution is -0.144. The fourth-order valence-corrected chi connectivity index (χ4v) is 2.41. The van der Waals surface area contributed by atoms with Crippen LogP contribution >= 0.6 is 0 Å². The second kappa shape index (κ2) is 4.49. The van der Waals surface area contributed by atoms with E-state index in [2.05, 4.69) is 12.2 Å². The van der Waals surface area contributed by atoms with Crippen molar-refractivity contribution >= 4 is 5.91 Å². The minimum Gasteiger partial charge on any atom is -0.389 e. The molecule has 15 heavy (non-hydrogen) atoms. The van der Waals surface area contributed by atoms with Gasteiger partial charge >= 0.3 is 0 Å². The van der Waals surface area contributed by atoms with Crippen LogP contribution in [0.15, 0.2) is 0 Å². The smallest absolute Gasteiger partial charge is 0.239 e. The molecule has 0 aromatic rings. The lowest BCUT2D eigenvalue weighted by Gasteiger charge is -2.40. The minimum atomic E-state index is -0.292. The normalized spacial score (nSPS) is 32.5. The molecule has 2 saturated heterocycles. The molecule has 2 aliphatic heterocycles. The predicted molar refractivity (Wildman–Crippen MR) is 57.4 cm³/mol. The molecule has 0 aliphatic carbocycles. The first-order chi connectivity index (χ1) is 7.20. The summed E-state index contributed by atoms with van der Waals surface area (Å²) in [7, 11) is 0. The molecule has 0 aromatic heterocycles. The first-order valence-corrected chi connectivity index (χ1v) is 5.91. The van der Waals surface area contributed by atoms with Gasteiger partial charge in [0.2, 0.25) is 5.91 Å². The van der Waals surface area contributed by atoms with Crippen molar-refractivity contribution in [2.24, 2.45) is 5.92 Å². The van der Waals surface area contributed by atoms with Crippen LogP contribution in [0.25, 0.3) is 0 Å². The summed E-state index contributed by atoms with van der Waals surface area (Å²) in [4.78, 5) is 13.7. The van der Waals surface area contributed by atoms with E-state index in [1.165, 1.54) is 6.42 Å². The van der Waals surface area contributed by atoms with E-state index in [-0.39, 0.29) is 18.1 Å². The van der Waals surface area contributed by atoms with Crippen molar-refractivity contribution < 1.29 is 9.90 Å². The van der Waals surface area contributed by atoms with Gasteiger partial charge in [-0.05, 0) is 25.3 Å². The Kier molecular flexibility index (Phi) is 3.26. The lowest BCUT2D eigenvalue weighted by atomic mass is 9.89. The Labute approximate surface area is 90.6 Å². The molecule has 2 aliphatic rings. The maximum absolute atomic E-state index is 11.9. The molecular weight excluding hydrogens is 192 g/mol. The van der Waals surface area contributed by atoms with E-state index in [0.717, 1.165) is 19.4 Å². The molecule has 1 amide bonds. The van der Waals surface area contributed by atoms with Crippen molar-refractivity contribution in [1.82, 2.24) is 10.2 Å². The summed E-state index contributed by atoms with van der Waals surface area (Å²) >= 11 is 0. The zero-order valence-electron chi connectivity index (χ0n) is 9.28. The molecule has 2 rings (SSSR count). The molecule has 0 saturated carbocycles. The Hall–Kier alpha value is -0.610. The van der Waals surface area contributed by atoms with Gasteiger partial charge in [0.25, 0.3) is 0 Å². The summed E-state index contributed by atoms with van der Waals surface area (Å²) in [6, 6.07) is -0.00352. The van der Waals surface area contributed by atoms with Gasteiger partial charge in [0, 0.05) is 13.1 Å². The van der Waals surface area contributed by atoms with Crippen molar-refractivity contribution in [3.63, 3.8) is 0 Å². The topological polar surface area (TPSA) is 52.6 Å². The quantitative estimate of drug-likeness (QED) is 0.676. The molecule has 2 fully saturated rings. The number of likely N-dealkylation sites (tertiary alicyclic amines) is 1. The van der Waals surface area contributed by atoms with E-state index in [0.29, 0.717) is 19.0 Å². The Morgan fingerprint density at radius 3 is 2.87 bits per heavy atom. The van der Waals surface area contributed by atoms with Gasteiger partial charge in [-0.1, -0.05) is 13.3 Å². The Balaban J connectivity index is 1.84. The van der Waals surface area contributed by atoms with Crippen molar-refractivity contribution in [2.75, 3.05) is 19.6 Å². The first-order valence-electron chi connectivity index (χ1n) is 5.91. The first kappa shape index (κ1) is 10.9. The summed E-state index contributed by atoms with van der Waals surface area (Å²) in [5, 5.41) is 12.4. The van der Waals surface area contributed by atoms with E-state index in [4.69, 9.17) is 5.11 Å². The zero-order valence-corrected chi connectivity index (χ0v) is 9.28. The summed E-state index contributed by atoms with van der Waals surface area (Å²) < 4.78 is 0. The third-order valence-corrected chi connectivity index (χ3v) is 3.56. The molecule has 2 N–H and O–H groups in total. The van der Waals surface area contributed by atoms with Crippen LogP contribution in [0, 0.1) is 5.92 Å². The Bertz CT molecular complexity index is 239. The van der Waals surface area contributed by atoms with E-state index < -0.39 is 0 Å². The number of carbonyl (C=O) groups excluding carboxylic acids is 1. The molecule has 0 bridgehead atoms. The van der Waals surface area contributed by atoms with Crippen LogP contribution in [0.5, 0.6) is 0 Å². The highest BCUT2D eigenvalue weighted by molar-refractivity contribution is 5.82. The largest absolute Gasteiger partial charge is 0.389 e. The number of nitrogens with zero attached hydrogens (tertiary/aromatic N) is 1. The summed E-state index contributed by atoms with van der Waals surface area (Å²) in [6.45, 7) is 4.18. The van der Waals surface area contributed by atoms with Gasteiger partial charge in [-0.25, -0.2) is 0 Å². The molecule has 2 heterocycles. The molecule has 0 spiro atoms. The fourth-order valence-electron chi connectivity index (χ4n) is 2.41. The average Bonchev–Trinajstić information content (AvgIpc) is 2.24. The molecule has 0 aromatic carbocycles. The molecule has 4 heteroatoms. The van der Waals surface area contributed by atoms with Gasteiger partial charge in [0.15, 0.2) is 0 Å². The average molecular weight is 212 g/mol. The summed E-state index contributed by atoms with van der Waals surface area (Å²) in [6.07, 6.45) is 3.01. The van der Waals surface area contributed by atoms with Gasteiger partial charge in [-0.3, -0.25) is 4.79 Å². The number of nitrogens with one attached hydrogen (secondary N) is 1. The van der Waals surface area contributed by atoms with Crippen LogP contribution in [0.3, 0.4) is 0 Å². The van der Waals surface area contributed by atoms with Crippen LogP contribution in [0.2, 0.25) is 0 Å². The number of amides is 1. The molecule has 4 nitrogen and oxygen atoms in total. The Morgan fingerprint density at radius 2 is 2.27 bits per heavy atom. The van der Waals surface area contributed by atoms with Gasteiger partial charge in [0.1, 0.15) is 0 Å². The van der Waals surface area contributed by atoms with Crippen LogP contribution < -0.4 is 5.32 Å². The van der Waals surface area contributed by atoms with Crippen molar-refractivity contribution in [1.29, 1.82) is 0 Å². The van der Waals surface area contributed by atoms with Crippen LogP contribution in [0.1, 0.15) is 26.2 Å². The number of aliphatic hydroxyl groups is 1. The number of hydrogen-bond acceptors (Lipinski definition) is 3. The number of rotatable bonds is 2. The van der Waals surface area contributed by atoms with E-state index in [9.17, 15) is 4.79 Å². The van der Waals surface area contributed by atoms with Gasteiger partial charge < -0.3 is 15.3 Å². The van der Waals surface area contributed by atoms with Gasteiger partial charge in [0.05, 0.1) is 12.1 Å². The van der Waals surface area contributed by atoms with Gasteiger partial charge in [-0.2, -0.15) is 0 Å². The third kappa shape index (κ3) is 2.32. The number of carbonyl (C=O) groups is 1. The van der Waals surface area contributed by atoms with Crippen molar-refractivity contribution in [2.45, 2.75) is 38.3 Å². The van der Waals surface area contributed by atoms with Crippen LogP contribution in [-0.4, -0.2) is 47.7 Å². The number of β-amino-alcohol motifs (C(OH)–C–C–N with tert-alkyl or cyclic N) is 1. The maximum Gasteiger partial charge on any atom is 0.239 e. The predicted octanol–water partition coefficient (Wildman–Crippen LogP) is -0.0323. The molecule has 0 radical (unpaired) electrons. The highest BCUT2D eigenvalue weighted by Gasteiger charge is 2.35. The standard InChI is InChI=1S/C11H20N2O2/c1-2-8-3-4-12-10(5-8)11(15)13-6-9(14)7-13/h8-10,12,14H,2-7H2,1H3. The summed E-state index contributed by atoms with van der Waals surface area (Å²) in [5.74, 6) is 0.866. The second-order valence-corrected chi connectivity index (χ2v) is 4.70. The van der Waals surface area contributed by atoms with E-state index >= 15 is 0 Å². The molecular formula is C11H20N2O2. The highest BCUT2D eigenvalue weighted by Crippen LogP contribution is 2.21. The van der Waals surface area contributed by atoms with Gasteiger partial charge in [-0.15, -0.1) is 0 Å². The van der Waals surface area contributed by atoms with Crippen molar-refractivity contribution in [3.8, 4) is 0 Å². The zero-order chi connectivity index (χ0) is 10.8. The Morgan fingerprint density at radius 1 is 1.53 bits per heavy atom. The van der Waals surface area contributed by atoms with Crippen molar-refractivity contribution in [3.05, 3.63) is 0 Å². The molecule has 2 unspecified atom stereocenters. The summed E-state index contributed by atoms with van der Waals surface area (Å²) in [5.41, 5.74) is 0. The van der Waals surface area contributed by atoms with Crippen LogP contribution in [-0.2, 0) is 4.79 Å². The van der Waals surface area contributed by atoms with E-state index in [1.807, 2.05) is 0 Å². The monoisotopic (exact) mass is 212 g/mol. The van der Waals surface area contributed by atoms with Crippen LogP contribution in [0.4, 0.5) is 0 Å². The SMILES string of the molecule is CCC1CCNC(C(=O)N2CC(O)C2)C1. The second-order valence-electron chi connectivity index (χ2n) is 4.70. The molecule has 2 atom stereocenters. The number of piperidine rings is 1. The lowest BCUT2D eigenvalue weighted by Crippen LogP contribution is -2.59.